The van der Waals surface area contributed by atoms with Crippen LogP contribution < -0.4 is 21.5 Å². The number of rotatable bonds is 8. The minimum Gasteiger partial charge on any atom is -0.505 e. The van der Waals surface area contributed by atoms with Crippen LogP contribution in [0, 0.1) is 6.92 Å². The minimum absolute atomic E-state index is 0.0695. The molecule has 2 aromatic carbocycles. The first-order valence-corrected chi connectivity index (χ1v) is 12.0. The molecule has 2 unspecified atom stereocenters. The van der Waals surface area contributed by atoms with E-state index in [-0.39, 0.29) is 45.6 Å². The summed E-state index contributed by atoms with van der Waals surface area (Å²) >= 11 is 1.81. The number of carbonyl (C=O) groups is 1. The third-order valence-electron chi connectivity index (χ3n) is 5.96. The second kappa shape index (κ2) is 9.35. The summed E-state index contributed by atoms with van der Waals surface area (Å²) in [6.45, 7) is 4.17. The second-order valence-corrected chi connectivity index (χ2v) is 9.52. The Morgan fingerprint density at radius 2 is 2.00 bits per heavy atom. The van der Waals surface area contributed by atoms with Crippen molar-refractivity contribution in [1.82, 2.24) is 4.90 Å². The summed E-state index contributed by atoms with van der Waals surface area (Å²) in [6, 6.07) is 8.17. The van der Waals surface area contributed by atoms with E-state index >= 15 is 0 Å². The van der Waals surface area contributed by atoms with Gasteiger partial charge in [-0.25, -0.2) is 0 Å². The fourth-order valence-corrected chi connectivity index (χ4v) is 5.30. The van der Waals surface area contributed by atoms with Gasteiger partial charge in [-0.2, -0.15) is 11.8 Å². The maximum atomic E-state index is 12.5. The molecular weight excluding hydrogens is 442 g/mol. The van der Waals surface area contributed by atoms with Crippen LogP contribution in [0.5, 0.6) is 5.75 Å². The average molecular weight is 470 g/mol. The summed E-state index contributed by atoms with van der Waals surface area (Å²) in [5.74, 6) is 1.90. The van der Waals surface area contributed by atoms with Crippen LogP contribution in [0.2, 0.25) is 0 Å². The number of phenols is 1. The predicted octanol–water partition coefficient (Wildman–Crippen LogP) is 3.77. The van der Waals surface area contributed by atoms with Crippen molar-refractivity contribution < 1.29 is 14.3 Å². The molecule has 3 N–H and O–H groups in total. The molecule has 3 aromatic rings. The number of phenolic OH excluding ortho intramolecular Hbond substituents is 1. The number of aromatic hydroxyl groups is 1. The van der Waals surface area contributed by atoms with Crippen molar-refractivity contribution in [2.45, 2.75) is 38.0 Å². The molecule has 0 saturated carbocycles. The first kappa shape index (κ1) is 23.0. The van der Waals surface area contributed by atoms with E-state index in [1.165, 1.54) is 11.0 Å². The van der Waals surface area contributed by atoms with E-state index in [9.17, 15) is 19.5 Å². The highest BCUT2D eigenvalue weighted by atomic mass is 32.2. The Labute approximate surface area is 195 Å². The van der Waals surface area contributed by atoms with Crippen LogP contribution >= 0.6 is 11.8 Å². The number of thioether (sulfide) groups is 1. The highest BCUT2D eigenvalue weighted by Gasteiger charge is 2.33. The lowest BCUT2D eigenvalue weighted by atomic mass is 10.0. The number of amides is 1. The maximum Gasteiger partial charge on any atom is 0.257 e. The van der Waals surface area contributed by atoms with E-state index in [0.717, 1.165) is 24.4 Å². The van der Waals surface area contributed by atoms with Crippen LogP contribution in [-0.2, 0) is 0 Å². The number of hydrogen-bond acceptors (Lipinski definition) is 8. The molecule has 8 nitrogen and oxygen atoms in total. The van der Waals surface area contributed by atoms with Crippen LogP contribution in [0.4, 0.5) is 17.1 Å². The standard InChI is InChI=1S/C24H27N3O5S/c1-4-27(3)24(31)14-7-5-8-15(21(14)28)25-19-20(23(30)22(19)29)26-18(17-9-6-12-33-17)16-11-10-13(2)32-16/h5,7-8,10-11,17-18,25-26,28H,4,6,9,12H2,1-3H3. The van der Waals surface area contributed by atoms with Crippen molar-refractivity contribution in [3.8, 4) is 5.75 Å². The van der Waals surface area contributed by atoms with Crippen molar-refractivity contribution in [1.29, 1.82) is 0 Å². The Morgan fingerprint density at radius 3 is 2.64 bits per heavy atom. The van der Waals surface area contributed by atoms with Crippen LogP contribution in [0.15, 0.2) is 44.3 Å². The summed E-state index contributed by atoms with van der Waals surface area (Å²) in [5, 5.41) is 17.0. The highest BCUT2D eigenvalue weighted by Crippen LogP contribution is 2.40. The number of anilines is 3. The monoisotopic (exact) mass is 469 g/mol. The van der Waals surface area contributed by atoms with Gasteiger partial charge in [-0.3, -0.25) is 14.4 Å². The molecule has 0 bridgehead atoms. The number of aryl methyl sites for hydroxylation is 1. The van der Waals surface area contributed by atoms with Crippen LogP contribution in [0.25, 0.3) is 0 Å². The van der Waals surface area contributed by atoms with Gasteiger partial charge in [-0.05, 0) is 56.7 Å². The van der Waals surface area contributed by atoms with E-state index in [1.54, 1.807) is 30.9 Å². The fourth-order valence-electron chi connectivity index (χ4n) is 3.94. The van der Waals surface area contributed by atoms with Gasteiger partial charge in [-0.15, -0.1) is 0 Å². The van der Waals surface area contributed by atoms with Crippen molar-refractivity contribution in [3.05, 3.63) is 67.9 Å². The molecule has 0 aliphatic carbocycles. The van der Waals surface area contributed by atoms with Crippen molar-refractivity contribution in [2.75, 3.05) is 30.0 Å². The van der Waals surface area contributed by atoms with Gasteiger partial charge in [0, 0.05) is 18.8 Å². The van der Waals surface area contributed by atoms with E-state index in [4.69, 9.17) is 4.42 Å². The van der Waals surface area contributed by atoms with Gasteiger partial charge in [0.1, 0.15) is 22.9 Å². The number of carbonyl (C=O) groups excluding carboxylic acids is 1. The maximum absolute atomic E-state index is 12.5. The fraction of sp³-hybridized carbons (Fsp3) is 0.375. The summed E-state index contributed by atoms with van der Waals surface area (Å²) < 4.78 is 5.84. The van der Waals surface area contributed by atoms with Crippen LogP contribution in [0.1, 0.15) is 47.7 Å². The summed E-state index contributed by atoms with van der Waals surface area (Å²) in [4.78, 5) is 38.9. The Balaban J connectivity index is 1.63. The van der Waals surface area contributed by atoms with Crippen LogP contribution in [-0.4, -0.2) is 40.5 Å². The summed E-state index contributed by atoms with van der Waals surface area (Å²) in [6.07, 6.45) is 2.04. The van der Waals surface area contributed by atoms with Gasteiger partial charge in [0.05, 0.1) is 17.3 Å². The Kier molecular flexibility index (Phi) is 6.51. The minimum atomic E-state index is -0.673. The van der Waals surface area contributed by atoms with Gasteiger partial charge in [0.2, 0.25) is 0 Å². The van der Waals surface area contributed by atoms with Gasteiger partial charge >= 0.3 is 0 Å². The molecule has 174 valence electrons. The molecule has 2 heterocycles. The van der Waals surface area contributed by atoms with Gasteiger partial charge < -0.3 is 25.1 Å². The van der Waals surface area contributed by atoms with Gasteiger partial charge in [0.15, 0.2) is 5.75 Å². The smallest absolute Gasteiger partial charge is 0.257 e. The molecule has 1 fully saturated rings. The molecule has 33 heavy (non-hydrogen) atoms. The average Bonchev–Trinajstić information content (AvgIpc) is 3.50. The molecule has 1 aliphatic heterocycles. The summed E-state index contributed by atoms with van der Waals surface area (Å²) in [7, 11) is 1.64. The Morgan fingerprint density at radius 1 is 1.24 bits per heavy atom. The number of benzene rings is 1. The van der Waals surface area contributed by atoms with Crippen molar-refractivity contribution >= 4 is 34.7 Å². The number of para-hydroxylation sites is 1. The van der Waals surface area contributed by atoms with Gasteiger partial charge in [0.25, 0.3) is 16.8 Å². The normalized spacial score (nSPS) is 16.6. The molecule has 0 spiro atoms. The first-order valence-electron chi connectivity index (χ1n) is 10.9. The lowest BCUT2D eigenvalue weighted by Crippen LogP contribution is -2.38. The molecule has 9 heteroatoms. The molecule has 0 radical (unpaired) electrons. The zero-order chi connectivity index (χ0) is 23.7. The Bertz CT molecular complexity index is 1240. The third kappa shape index (κ3) is 4.37. The third-order valence-corrected chi connectivity index (χ3v) is 7.42. The molecule has 1 aliphatic rings. The molecule has 2 atom stereocenters. The van der Waals surface area contributed by atoms with E-state index < -0.39 is 10.9 Å². The Hall–Kier alpha value is -3.20. The number of furan rings is 1. The molecule has 4 rings (SSSR count). The van der Waals surface area contributed by atoms with Crippen LogP contribution in [0.3, 0.4) is 0 Å². The molecular formula is C24H27N3O5S. The lowest BCUT2D eigenvalue weighted by Gasteiger charge is -2.25. The molecule has 1 amide bonds. The van der Waals surface area contributed by atoms with Crippen molar-refractivity contribution in [2.24, 2.45) is 0 Å². The SMILES string of the molecule is CCN(C)C(=O)c1cccc(Nc2c(NC(c3ccc(C)o3)C3CCCS3)c(=O)c2=O)c1O. The van der Waals surface area contributed by atoms with E-state index in [1.807, 2.05) is 26.0 Å². The zero-order valence-electron chi connectivity index (χ0n) is 18.8. The topological polar surface area (TPSA) is 112 Å². The number of nitrogens with one attached hydrogen (secondary N) is 2. The van der Waals surface area contributed by atoms with E-state index in [0.29, 0.717) is 12.3 Å². The number of nitrogens with zero attached hydrogens (tertiary/aromatic N) is 1. The largest absolute Gasteiger partial charge is 0.505 e. The molecule has 1 saturated heterocycles. The van der Waals surface area contributed by atoms with Gasteiger partial charge in [-0.1, -0.05) is 6.07 Å². The highest BCUT2D eigenvalue weighted by molar-refractivity contribution is 8.00. The number of hydrogen-bond donors (Lipinski definition) is 3. The quantitative estimate of drug-likeness (QED) is 0.338. The van der Waals surface area contributed by atoms with E-state index in [2.05, 4.69) is 10.6 Å². The molecule has 1 aromatic heterocycles. The second-order valence-electron chi connectivity index (χ2n) is 8.18. The first-order chi connectivity index (χ1) is 15.8. The lowest BCUT2D eigenvalue weighted by molar-refractivity contribution is 0.0799. The summed E-state index contributed by atoms with van der Waals surface area (Å²) in [5.41, 5.74) is -0.766. The zero-order valence-corrected chi connectivity index (χ0v) is 19.6. The predicted molar refractivity (Wildman–Crippen MR) is 131 cm³/mol. The van der Waals surface area contributed by atoms with Crippen molar-refractivity contribution in [3.63, 3.8) is 0 Å².